The lowest BCUT2D eigenvalue weighted by Crippen LogP contribution is -2.45. The molecule has 0 saturated heterocycles. The summed E-state index contributed by atoms with van der Waals surface area (Å²) in [4.78, 5) is 21.3. The number of nitrogens with one attached hydrogen (secondary N) is 2. The van der Waals surface area contributed by atoms with Crippen LogP contribution in [0.3, 0.4) is 0 Å². The maximum atomic E-state index is 13.4. The van der Waals surface area contributed by atoms with E-state index >= 15 is 0 Å². The first-order chi connectivity index (χ1) is 17.3. The Kier molecular flexibility index (Phi) is 10.7. The monoisotopic (exact) mass is 537 g/mol. The third-order valence-electron chi connectivity index (χ3n) is 6.60. The number of aliphatic hydroxyl groups is 1. The van der Waals surface area contributed by atoms with Crippen molar-refractivity contribution in [2.24, 2.45) is 15.7 Å². The van der Waals surface area contributed by atoms with Crippen molar-refractivity contribution in [1.82, 2.24) is 5.32 Å². The fourth-order valence-electron chi connectivity index (χ4n) is 4.73. The SMILES string of the molecule is C/N=C1C(=O)Nc2cccc(CNC)c2OCCCCCCC(C)(O)CC(C)(C)S(=O)(=O)C(C)\N=C/1N. The minimum Gasteiger partial charge on any atom is -0.491 e. The summed E-state index contributed by atoms with van der Waals surface area (Å²) in [5.41, 5.74) is 6.09. The van der Waals surface area contributed by atoms with Crippen LogP contribution >= 0.6 is 0 Å². The number of ether oxygens (including phenoxy) is 1. The number of para-hydroxylation sites is 1. The van der Waals surface area contributed by atoms with E-state index < -0.39 is 31.5 Å². The molecular weight excluding hydrogens is 494 g/mol. The number of amides is 1. The second-order valence-corrected chi connectivity index (χ2v) is 13.3. The van der Waals surface area contributed by atoms with Gasteiger partial charge in [0.05, 0.1) is 22.6 Å². The number of hydrogen-bond acceptors (Lipinski definition) is 9. The molecule has 208 valence electrons. The van der Waals surface area contributed by atoms with Crippen LogP contribution < -0.4 is 21.1 Å². The number of fused-ring (bicyclic) bond motifs is 1. The van der Waals surface area contributed by atoms with Crippen LogP contribution in [0.5, 0.6) is 5.75 Å². The maximum Gasteiger partial charge on any atom is 0.277 e. The molecule has 1 aromatic carbocycles. The molecule has 0 radical (unpaired) electrons. The summed E-state index contributed by atoms with van der Waals surface area (Å²) in [5.74, 6) is -0.361. The Morgan fingerprint density at radius 1 is 1.24 bits per heavy atom. The number of amidine groups is 1. The van der Waals surface area contributed by atoms with Gasteiger partial charge in [0.15, 0.2) is 26.8 Å². The standard InChI is InChI=1S/C26H43N5O5S/c1-18-30-23(27)21(29-6)24(32)31-20-13-11-12-19(16-28-5)22(20)36-15-10-8-7-9-14-26(4,33)17-25(2,3)37(18,34)35/h11-13,18,28,33H,7-10,14-17H2,1-6H3,(H2,27,30)(H,31,32)/b29-21+. The number of anilines is 1. The lowest BCUT2D eigenvalue weighted by atomic mass is 9.88. The number of carbonyl (C=O) groups is 1. The third-order valence-corrected chi connectivity index (χ3v) is 9.28. The summed E-state index contributed by atoms with van der Waals surface area (Å²) in [7, 11) is -0.662. The molecule has 1 amide bonds. The predicted molar refractivity (Wildman–Crippen MR) is 149 cm³/mol. The minimum atomic E-state index is -3.88. The number of rotatable bonds is 2. The number of aliphatic imine (C=N–C) groups is 2. The van der Waals surface area contributed by atoms with Gasteiger partial charge in [0.25, 0.3) is 5.91 Å². The highest BCUT2D eigenvalue weighted by atomic mass is 32.2. The number of nitrogens with two attached hydrogens (primary N) is 1. The van der Waals surface area contributed by atoms with E-state index in [1.54, 1.807) is 26.8 Å². The third kappa shape index (κ3) is 7.99. The van der Waals surface area contributed by atoms with Crippen molar-refractivity contribution < 1.29 is 23.1 Å². The zero-order valence-corrected chi connectivity index (χ0v) is 23.7. The van der Waals surface area contributed by atoms with Crippen LogP contribution in [-0.2, 0) is 21.2 Å². The molecule has 2 rings (SSSR count). The Morgan fingerprint density at radius 3 is 2.57 bits per heavy atom. The van der Waals surface area contributed by atoms with Crippen LogP contribution in [0.25, 0.3) is 0 Å². The minimum absolute atomic E-state index is 0.0456. The van der Waals surface area contributed by atoms with Gasteiger partial charge in [-0.25, -0.2) is 13.4 Å². The smallest absolute Gasteiger partial charge is 0.277 e. The fraction of sp³-hybridized carbons (Fsp3) is 0.654. The van der Waals surface area contributed by atoms with E-state index in [4.69, 9.17) is 10.5 Å². The van der Waals surface area contributed by atoms with Gasteiger partial charge in [-0.2, -0.15) is 0 Å². The molecule has 0 aromatic heterocycles. The first-order valence-electron chi connectivity index (χ1n) is 12.7. The van der Waals surface area contributed by atoms with Crippen LogP contribution in [0.2, 0.25) is 0 Å². The summed E-state index contributed by atoms with van der Waals surface area (Å²) < 4.78 is 31.7. The predicted octanol–water partition coefficient (Wildman–Crippen LogP) is 2.80. The summed E-state index contributed by atoms with van der Waals surface area (Å²) in [5, 5.41) is 15.6. The molecule has 1 aliphatic heterocycles. The maximum absolute atomic E-state index is 13.4. The van der Waals surface area contributed by atoms with E-state index in [9.17, 15) is 18.3 Å². The summed E-state index contributed by atoms with van der Waals surface area (Å²) in [6.45, 7) is 7.25. The molecule has 0 aliphatic carbocycles. The van der Waals surface area contributed by atoms with Gasteiger partial charge >= 0.3 is 0 Å². The van der Waals surface area contributed by atoms with Gasteiger partial charge in [-0.3, -0.25) is 9.79 Å². The van der Waals surface area contributed by atoms with E-state index in [2.05, 4.69) is 20.6 Å². The molecule has 10 nitrogen and oxygen atoms in total. The van der Waals surface area contributed by atoms with E-state index in [1.807, 2.05) is 19.2 Å². The van der Waals surface area contributed by atoms with Gasteiger partial charge in [-0.1, -0.05) is 31.4 Å². The first-order valence-corrected chi connectivity index (χ1v) is 14.3. The van der Waals surface area contributed by atoms with Crippen molar-refractivity contribution in [3.8, 4) is 5.75 Å². The highest BCUT2D eigenvalue weighted by molar-refractivity contribution is 7.93. The van der Waals surface area contributed by atoms with Crippen molar-refractivity contribution in [2.45, 2.75) is 88.5 Å². The average Bonchev–Trinajstić information content (AvgIpc) is 2.79. The Morgan fingerprint density at radius 2 is 1.92 bits per heavy atom. The molecule has 37 heavy (non-hydrogen) atoms. The highest BCUT2D eigenvalue weighted by Crippen LogP contribution is 2.34. The summed E-state index contributed by atoms with van der Waals surface area (Å²) in [6, 6.07) is 5.46. The highest BCUT2D eigenvalue weighted by Gasteiger charge is 2.43. The van der Waals surface area contributed by atoms with Gasteiger partial charge in [-0.05, 0) is 60.1 Å². The molecule has 0 saturated carbocycles. The zero-order valence-electron chi connectivity index (χ0n) is 22.9. The van der Waals surface area contributed by atoms with Crippen molar-refractivity contribution in [1.29, 1.82) is 0 Å². The molecular formula is C26H43N5O5S. The molecule has 1 heterocycles. The molecule has 1 aliphatic rings. The van der Waals surface area contributed by atoms with Gasteiger partial charge in [0, 0.05) is 19.2 Å². The van der Waals surface area contributed by atoms with Crippen LogP contribution in [0.1, 0.15) is 71.8 Å². The van der Waals surface area contributed by atoms with Gasteiger partial charge in [0.1, 0.15) is 5.75 Å². The van der Waals surface area contributed by atoms with Gasteiger partial charge < -0.3 is 26.2 Å². The molecule has 2 atom stereocenters. The summed E-state index contributed by atoms with van der Waals surface area (Å²) >= 11 is 0. The molecule has 0 spiro atoms. The second kappa shape index (κ2) is 12.8. The fourth-order valence-corrected chi connectivity index (χ4v) is 6.42. The number of benzene rings is 1. The van der Waals surface area contributed by atoms with E-state index in [-0.39, 0.29) is 18.0 Å². The lowest BCUT2D eigenvalue weighted by Gasteiger charge is -2.34. The number of nitrogens with zero attached hydrogens (tertiary/aromatic N) is 2. The first kappa shape index (κ1) is 30.7. The van der Waals surface area contributed by atoms with Crippen molar-refractivity contribution in [2.75, 3.05) is 26.0 Å². The van der Waals surface area contributed by atoms with Crippen molar-refractivity contribution >= 4 is 33.0 Å². The summed E-state index contributed by atoms with van der Waals surface area (Å²) in [6.07, 6.45) is 3.85. The van der Waals surface area contributed by atoms with Crippen LogP contribution in [0.4, 0.5) is 5.69 Å². The van der Waals surface area contributed by atoms with Crippen LogP contribution in [0.15, 0.2) is 28.2 Å². The number of sulfone groups is 1. The zero-order chi connectivity index (χ0) is 27.9. The second-order valence-electron chi connectivity index (χ2n) is 10.5. The van der Waals surface area contributed by atoms with E-state index in [0.717, 1.165) is 31.2 Å². The molecule has 0 fully saturated rings. The topological polar surface area (TPSA) is 155 Å². The molecule has 5 N–H and O–H groups in total. The molecule has 1 aromatic rings. The Labute approximate surface area is 221 Å². The average molecular weight is 538 g/mol. The van der Waals surface area contributed by atoms with Crippen LogP contribution in [-0.4, -0.2) is 67.4 Å². The Hall–Kier alpha value is -2.50. The van der Waals surface area contributed by atoms with Crippen molar-refractivity contribution in [3.63, 3.8) is 0 Å². The Balaban J connectivity index is 2.49. The van der Waals surface area contributed by atoms with Crippen molar-refractivity contribution in [3.05, 3.63) is 23.8 Å². The quantitative estimate of drug-likeness (QED) is 0.452. The molecule has 0 bridgehead atoms. The normalized spacial score (nSPS) is 28.4. The van der Waals surface area contributed by atoms with E-state index in [0.29, 0.717) is 31.0 Å². The van der Waals surface area contributed by atoms with E-state index in [1.165, 1.54) is 14.0 Å². The van der Waals surface area contributed by atoms with Gasteiger partial charge in [-0.15, -0.1) is 0 Å². The molecule has 2 unspecified atom stereocenters. The molecule has 11 heteroatoms. The Bertz CT molecular complexity index is 1110. The van der Waals surface area contributed by atoms with Crippen LogP contribution in [0, 0.1) is 0 Å². The lowest BCUT2D eigenvalue weighted by molar-refractivity contribution is -0.110. The number of carbonyl (C=O) groups excluding carboxylic acids is 1. The number of hydrogen-bond donors (Lipinski definition) is 4. The van der Waals surface area contributed by atoms with Gasteiger partial charge in [0.2, 0.25) is 0 Å². The largest absolute Gasteiger partial charge is 0.491 e.